The third-order valence-electron chi connectivity index (χ3n) is 5.47. The van der Waals surface area contributed by atoms with E-state index in [0.29, 0.717) is 0 Å². The molecule has 27 heavy (non-hydrogen) atoms. The molecular weight excluding hydrogens is 356 g/mol. The van der Waals surface area contributed by atoms with Crippen LogP contribution in [-0.2, 0) is 5.79 Å². The number of aliphatic hydroxyl groups is 5. The Kier molecular flexibility index (Phi) is 3.43. The second-order valence-electron chi connectivity index (χ2n) is 6.71. The van der Waals surface area contributed by atoms with E-state index in [1.807, 2.05) is 0 Å². The van der Waals surface area contributed by atoms with Gasteiger partial charge in [-0.05, 0) is 17.7 Å². The predicted octanol–water partition coefficient (Wildman–Crippen LogP) is -0.579. The zero-order valence-electron chi connectivity index (χ0n) is 14.1. The van der Waals surface area contributed by atoms with E-state index >= 15 is 0 Å². The number of methoxy groups -OCH3 is 1. The van der Waals surface area contributed by atoms with Gasteiger partial charge in [0.15, 0.2) is 5.60 Å². The number of fused-ring (bicyclic) bond motifs is 2. The Morgan fingerprint density at radius 1 is 0.926 bits per heavy atom. The van der Waals surface area contributed by atoms with Crippen LogP contribution in [0.5, 0.6) is 5.75 Å². The van der Waals surface area contributed by atoms with Gasteiger partial charge >= 0.3 is 0 Å². The van der Waals surface area contributed by atoms with Gasteiger partial charge in [0, 0.05) is 16.7 Å². The molecule has 0 heterocycles. The fourth-order valence-corrected chi connectivity index (χ4v) is 3.99. The van der Waals surface area contributed by atoms with Crippen LogP contribution in [0.1, 0.15) is 37.9 Å². The van der Waals surface area contributed by atoms with Gasteiger partial charge in [0.2, 0.25) is 23.0 Å². The molecule has 3 unspecified atom stereocenters. The van der Waals surface area contributed by atoms with Crippen LogP contribution in [0.15, 0.2) is 42.5 Å². The van der Waals surface area contributed by atoms with Crippen molar-refractivity contribution in [3.63, 3.8) is 0 Å². The molecule has 0 aliphatic heterocycles. The van der Waals surface area contributed by atoms with Gasteiger partial charge in [0.05, 0.1) is 7.11 Å². The SMILES string of the molecule is COc1ccc2c(c1)C(=O)C(O)(C1(O)C(=O)c3ccccc3C1(O)O)C2O. The van der Waals surface area contributed by atoms with Crippen molar-refractivity contribution in [1.82, 2.24) is 0 Å². The number of aliphatic hydroxyl groups excluding tert-OH is 1. The molecule has 0 radical (unpaired) electrons. The lowest BCUT2D eigenvalue weighted by atomic mass is 9.72. The van der Waals surface area contributed by atoms with E-state index in [1.54, 1.807) is 0 Å². The Morgan fingerprint density at radius 2 is 1.59 bits per heavy atom. The Bertz CT molecular complexity index is 997. The van der Waals surface area contributed by atoms with Crippen molar-refractivity contribution in [3.05, 3.63) is 64.7 Å². The highest BCUT2D eigenvalue weighted by molar-refractivity contribution is 6.18. The van der Waals surface area contributed by atoms with Gasteiger partial charge in [-0.3, -0.25) is 9.59 Å². The summed E-state index contributed by atoms with van der Waals surface area (Å²) in [6.07, 6.45) is -2.08. The first-order valence-electron chi connectivity index (χ1n) is 8.07. The zero-order chi connectivity index (χ0) is 19.8. The van der Waals surface area contributed by atoms with E-state index < -0.39 is 34.7 Å². The van der Waals surface area contributed by atoms with E-state index in [2.05, 4.69) is 0 Å². The lowest BCUT2D eigenvalue weighted by Gasteiger charge is -2.43. The van der Waals surface area contributed by atoms with Gasteiger partial charge in [-0.1, -0.05) is 30.3 Å². The van der Waals surface area contributed by atoms with Gasteiger partial charge in [-0.15, -0.1) is 0 Å². The maximum absolute atomic E-state index is 13.0. The normalized spacial score (nSPS) is 31.0. The standard InChI is InChI=1S/C19H16O8/c1-27-9-6-7-10-12(8-9)15(21)17(23,14(10)20)18(24)16(22)11-4-2-3-5-13(11)19(18,25)26/h2-8,14,20,23-26H,1H3. The Hall–Kier alpha value is -2.62. The smallest absolute Gasteiger partial charge is 0.231 e. The number of hydrogen-bond donors (Lipinski definition) is 5. The highest BCUT2D eigenvalue weighted by atomic mass is 16.5. The molecule has 0 spiro atoms. The minimum atomic E-state index is -3.42. The molecule has 3 atom stereocenters. The van der Waals surface area contributed by atoms with Crippen molar-refractivity contribution in [2.75, 3.05) is 7.11 Å². The van der Waals surface area contributed by atoms with Gasteiger partial charge in [-0.25, -0.2) is 0 Å². The minimum absolute atomic E-state index is 0.0729. The highest BCUT2D eigenvalue weighted by Crippen LogP contribution is 2.55. The summed E-state index contributed by atoms with van der Waals surface area (Å²) < 4.78 is 5.01. The fourth-order valence-electron chi connectivity index (χ4n) is 3.99. The summed E-state index contributed by atoms with van der Waals surface area (Å²) in [6.45, 7) is 0. The molecule has 8 nitrogen and oxygen atoms in total. The summed E-state index contributed by atoms with van der Waals surface area (Å²) in [5.74, 6) is -5.57. The van der Waals surface area contributed by atoms with E-state index in [1.165, 1.54) is 49.6 Å². The van der Waals surface area contributed by atoms with E-state index in [-0.39, 0.29) is 28.0 Å². The first-order valence-corrected chi connectivity index (χ1v) is 8.07. The molecular formula is C19H16O8. The summed E-state index contributed by atoms with van der Waals surface area (Å²) in [7, 11) is 1.35. The lowest BCUT2D eigenvalue weighted by molar-refractivity contribution is -0.308. The second-order valence-corrected chi connectivity index (χ2v) is 6.71. The van der Waals surface area contributed by atoms with Crippen molar-refractivity contribution in [3.8, 4) is 5.75 Å². The number of rotatable bonds is 2. The molecule has 2 aromatic carbocycles. The van der Waals surface area contributed by atoms with E-state index in [0.717, 1.165) is 0 Å². The molecule has 2 aliphatic carbocycles. The van der Waals surface area contributed by atoms with Crippen LogP contribution < -0.4 is 4.74 Å². The van der Waals surface area contributed by atoms with E-state index in [4.69, 9.17) is 4.74 Å². The molecule has 0 amide bonds. The number of carbonyl (C=O) groups excluding carboxylic acids is 2. The summed E-state index contributed by atoms with van der Waals surface area (Å²) in [5.41, 5.74) is -7.56. The van der Waals surface area contributed by atoms with Crippen molar-refractivity contribution in [1.29, 1.82) is 0 Å². The quantitative estimate of drug-likeness (QED) is 0.441. The highest BCUT2D eigenvalue weighted by Gasteiger charge is 2.78. The molecule has 0 aromatic heterocycles. The molecule has 5 N–H and O–H groups in total. The fraction of sp³-hybridized carbons (Fsp3) is 0.263. The average molecular weight is 372 g/mol. The van der Waals surface area contributed by atoms with Gasteiger partial charge in [0.25, 0.3) is 0 Å². The average Bonchev–Trinajstić information content (AvgIpc) is 2.97. The summed E-state index contributed by atoms with van der Waals surface area (Å²) in [5, 5.41) is 54.1. The Balaban J connectivity index is 1.96. The largest absolute Gasteiger partial charge is 0.497 e. The van der Waals surface area contributed by atoms with Crippen molar-refractivity contribution < 1.29 is 39.9 Å². The van der Waals surface area contributed by atoms with Gasteiger partial charge in [-0.2, -0.15) is 0 Å². The molecule has 0 fully saturated rings. The van der Waals surface area contributed by atoms with Gasteiger partial charge < -0.3 is 30.3 Å². The second kappa shape index (κ2) is 5.22. The van der Waals surface area contributed by atoms with Crippen LogP contribution in [0, 0.1) is 0 Å². The molecule has 4 rings (SSSR count). The van der Waals surface area contributed by atoms with Crippen LogP contribution in [0.4, 0.5) is 0 Å². The Labute approximate surface area is 152 Å². The molecule has 0 saturated carbocycles. The number of ether oxygens (including phenoxy) is 1. The van der Waals surface area contributed by atoms with Crippen molar-refractivity contribution >= 4 is 11.6 Å². The van der Waals surface area contributed by atoms with Crippen LogP contribution in [-0.4, -0.2) is 55.4 Å². The Morgan fingerprint density at radius 3 is 2.22 bits per heavy atom. The van der Waals surface area contributed by atoms with Crippen LogP contribution in [0.25, 0.3) is 0 Å². The summed E-state index contributed by atoms with van der Waals surface area (Å²) >= 11 is 0. The van der Waals surface area contributed by atoms with Crippen LogP contribution in [0.2, 0.25) is 0 Å². The first kappa shape index (κ1) is 17.8. The van der Waals surface area contributed by atoms with Crippen LogP contribution >= 0.6 is 0 Å². The molecule has 0 saturated heterocycles. The molecule has 0 bridgehead atoms. The number of benzene rings is 2. The molecule has 8 heteroatoms. The topological polar surface area (TPSA) is 145 Å². The monoisotopic (exact) mass is 372 g/mol. The van der Waals surface area contributed by atoms with E-state index in [9.17, 15) is 35.1 Å². The molecule has 2 aromatic rings. The van der Waals surface area contributed by atoms with Gasteiger partial charge in [0.1, 0.15) is 11.9 Å². The van der Waals surface area contributed by atoms with Crippen LogP contribution in [0.3, 0.4) is 0 Å². The third-order valence-corrected chi connectivity index (χ3v) is 5.47. The minimum Gasteiger partial charge on any atom is -0.497 e. The number of Topliss-reactive ketones (excluding diaryl/α,β-unsaturated/α-hetero) is 2. The maximum Gasteiger partial charge on any atom is 0.231 e. The van der Waals surface area contributed by atoms with Crippen molar-refractivity contribution in [2.24, 2.45) is 0 Å². The lowest BCUT2D eigenvalue weighted by Crippen LogP contribution is -2.71. The summed E-state index contributed by atoms with van der Waals surface area (Å²) in [6, 6.07) is 9.16. The number of ketones is 2. The number of hydrogen-bond acceptors (Lipinski definition) is 8. The zero-order valence-corrected chi connectivity index (χ0v) is 14.1. The predicted molar refractivity (Wildman–Crippen MR) is 89.1 cm³/mol. The maximum atomic E-state index is 13.0. The molecule has 140 valence electrons. The number of carbonyl (C=O) groups is 2. The third kappa shape index (κ3) is 1.78. The van der Waals surface area contributed by atoms with Crippen molar-refractivity contribution in [2.45, 2.75) is 23.1 Å². The first-order chi connectivity index (χ1) is 12.6. The molecule has 2 aliphatic rings. The summed E-state index contributed by atoms with van der Waals surface area (Å²) in [4.78, 5) is 25.8.